The molecule has 42 heavy (non-hydrogen) atoms. The van der Waals surface area contributed by atoms with Gasteiger partial charge in [0, 0.05) is 44.9 Å². The first kappa shape index (κ1) is 29.7. The van der Waals surface area contributed by atoms with E-state index in [9.17, 15) is 23.5 Å². The minimum atomic E-state index is -0.937. The van der Waals surface area contributed by atoms with E-state index in [0.717, 1.165) is 17.7 Å². The van der Waals surface area contributed by atoms with Crippen molar-refractivity contribution in [1.29, 1.82) is 0 Å². The zero-order valence-electron chi connectivity index (χ0n) is 22.9. The molecule has 1 aliphatic heterocycles. The fourth-order valence-electron chi connectivity index (χ4n) is 5.35. The van der Waals surface area contributed by atoms with Crippen molar-refractivity contribution < 1.29 is 28.2 Å². The summed E-state index contributed by atoms with van der Waals surface area (Å²) >= 11 is 12.3. The van der Waals surface area contributed by atoms with E-state index >= 15 is 0 Å². The van der Waals surface area contributed by atoms with E-state index in [4.69, 9.17) is 27.9 Å². The molecule has 2 aromatic heterocycles. The topological polar surface area (TPSA) is 100 Å². The number of piperidine rings is 1. The van der Waals surface area contributed by atoms with Gasteiger partial charge >= 0.3 is 5.97 Å². The molecule has 220 valence electrons. The summed E-state index contributed by atoms with van der Waals surface area (Å²) in [5.74, 6) is -2.97. The molecule has 1 N–H and O–H groups in total. The Hall–Kier alpha value is -3.80. The van der Waals surface area contributed by atoms with Crippen LogP contribution in [0.25, 0.3) is 16.9 Å². The molecule has 1 saturated heterocycles. The summed E-state index contributed by atoms with van der Waals surface area (Å²) in [5, 5.41) is 13.6. The summed E-state index contributed by atoms with van der Waals surface area (Å²) in [6.07, 6.45) is -0.0371. The predicted octanol–water partition coefficient (Wildman–Crippen LogP) is 6.01. The zero-order chi connectivity index (χ0) is 30.3. The second-order valence-electron chi connectivity index (χ2n) is 10.2. The van der Waals surface area contributed by atoms with Crippen LogP contribution in [0.4, 0.5) is 20.3 Å². The van der Waals surface area contributed by atoms with Crippen LogP contribution in [0.15, 0.2) is 42.5 Å². The van der Waals surface area contributed by atoms with Crippen LogP contribution in [0, 0.1) is 24.5 Å². The molecule has 1 amide bonds. The first-order valence-electron chi connectivity index (χ1n) is 13.1. The summed E-state index contributed by atoms with van der Waals surface area (Å²) in [6, 6.07) is 10.7. The van der Waals surface area contributed by atoms with Gasteiger partial charge in [-0.1, -0.05) is 35.3 Å². The number of carbonyl (C=O) groups excluding carboxylic acids is 1. The molecule has 0 aliphatic carbocycles. The van der Waals surface area contributed by atoms with Gasteiger partial charge in [-0.25, -0.2) is 13.8 Å². The number of carboxylic acid groups (broad SMARTS) is 1. The SMILES string of the molecule is CO[C@H]1CN(C(=O)c2cc3nc(-c4cc(F)c(Cl)c(F)c4)cc(N(C)c4c(C)cccc4Cl)n3n2)CC[C@H]1CC(=O)O. The number of amides is 1. The van der Waals surface area contributed by atoms with Crippen LogP contribution in [0.2, 0.25) is 10.0 Å². The second kappa shape index (κ2) is 11.8. The van der Waals surface area contributed by atoms with E-state index in [0.29, 0.717) is 29.5 Å². The number of rotatable bonds is 7. The third kappa shape index (κ3) is 5.64. The highest BCUT2D eigenvalue weighted by Crippen LogP contribution is 2.36. The molecular weight excluding hydrogens is 591 g/mol. The molecule has 0 bridgehead atoms. The lowest BCUT2D eigenvalue weighted by molar-refractivity contribution is -0.140. The van der Waals surface area contributed by atoms with Crippen molar-refractivity contribution in [3.05, 3.63) is 75.4 Å². The number of halogens is 4. The third-order valence-electron chi connectivity index (χ3n) is 7.50. The van der Waals surface area contributed by atoms with Crippen LogP contribution >= 0.6 is 23.2 Å². The quantitative estimate of drug-likeness (QED) is 0.253. The number of anilines is 2. The fourth-order valence-corrected chi connectivity index (χ4v) is 5.81. The van der Waals surface area contributed by atoms with Gasteiger partial charge in [-0.15, -0.1) is 0 Å². The highest BCUT2D eigenvalue weighted by atomic mass is 35.5. The molecule has 5 rings (SSSR count). The summed E-state index contributed by atoms with van der Waals surface area (Å²) in [4.78, 5) is 32.8. The molecule has 0 saturated carbocycles. The van der Waals surface area contributed by atoms with Crippen molar-refractivity contribution in [3.8, 4) is 11.3 Å². The number of aromatic nitrogens is 3. The maximum absolute atomic E-state index is 14.4. The average Bonchev–Trinajstić information content (AvgIpc) is 3.39. The number of hydrogen-bond donors (Lipinski definition) is 1. The first-order chi connectivity index (χ1) is 20.0. The lowest BCUT2D eigenvalue weighted by atomic mass is 9.90. The molecule has 2 aromatic carbocycles. The van der Waals surface area contributed by atoms with E-state index in [-0.39, 0.29) is 47.4 Å². The molecule has 1 aliphatic rings. The minimum absolute atomic E-state index is 0.0510. The number of nitrogens with zero attached hydrogens (tertiary/aromatic N) is 5. The van der Waals surface area contributed by atoms with Gasteiger partial charge < -0.3 is 19.6 Å². The third-order valence-corrected chi connectivity index (χ3v) is 8.16. The molecule has 9 nitrogen and oxygen atoms in total. The Bertz CT molecular complexity index is 1660. The predicted molar refractivity (Wildman–Crippen MR) is 155 cm³/mol. The second-order valence-corrected chi connectivity index (χ2v) is 11.0. The van der Waals surface area contributed by atoms with Crippen LogP contribution in [0.3, 0.4) is 0 Å². The Balaban J connectivity index is 1.60. The molecule has 0 radical (unpaired) electrons. The van der Waals surface area contributed by atoms with Gasteiger partial charge in [0.1, 0.15) is 22.5 Å². The molecule has 13 heteroatoms. The molecule has 0 spiro atoms. The maximum atomic E-state index is 14.4. The number of fused-ring (bicyclic) bond motifs is 1. The normalized spacial score (nSPS) is 17.1. The van der Waals surface area contributed by atoms with Crippen molar-refractivity contribution in [3.63, 3.8) is 0 Å². The molecule has 4 aromatic rings. The summed E-state index contributed by atoms with van der Waals surface area (Å²) in [5.41, 5.74) is 2.22. The highest BCUT2D eigenvalue weighted by molar-refractivity contribution is 6.33. The zero-order valence-corrected chi connectivity index (χ0v) is 24.5. The largest absolute Gasteiger partial charge is 0.481 e. The Kier molecular flexibility index (Phi) is 8.36. The number of benzene rings is 2. The molecule has 2 atom stereocenters. The number of hydrogen-bond acceptors (Lipinski definition) is 6. The monoisotopic (exact) mass is 617 g/mol. The standard InChI is InChI=1S/C29H27Cl2F2N5O4/c1-15-5-4-6-18(30)28(15)36(2)25-13-21(17-9-19(32)27(31)20(33)10-17)34-24-12-22(35-38(24)25)29(41)37-8-7-16(11-26(39)40)23(14-37)42-3/h4-6,9-10,12-13,16,23H,7-8,11,14H2,1-3H3,(H,39,40)/t16-,23-/m0/s1. The van der Waals surface area contributed by atoms with E-state index in [1.807, 2.05) is 19.1 Å². The van der Waals surface area contributed by atoms with Crippen molar-refractivity contribution >= 4 is 52.2 Å². The van der Waals surface area contributed by atoms with Crippen LogP contribution in [0.5, 0.6) is 0 Å². The number of para-hydroxylation sites is 1. The van der Waals surface area contributed by atoms with Gasteiger partial charge in [0.15, 0.2) is 11.3 Å². The Morgan fingerprint density at radius 1 is 1.17 bits per heavy atom. The van der Waals surface area contributed by atoms with Gasteiger partial charge in [0.2, 0.25) is 0 Å². The smallest absolute Gasteiger partial charge is 0.303 e. The number of carboxylic acids is 1. The van der Waals surface area contributed by atoms with Gasteiger partial charge in [-0.05, 0) is 43.0 Å². The minimum Gasteiger partial charge on any atom is -0.481 e. The number of aryl methyl sites for hydroxylation is 1. The Morgan fingerprint density at radius 2 is 1.88 bits per heavy atom. The molecule has 1 fully saturated rings. The van der Waals surface area contributed by atoms with Gasteiger partial charge in [0.05, 0.1) is 28.9 Å². The van der Waals surface area contributed by atoms with E-state index in [1.54, 1.807) is 29.0 Å². The molecule has 3 heterocycles. The Labute approximate surface area is 250 Å². The fraction of sp³-hybridized carbons (Fsp3) is 0.310. The van der Waals surface area contributed by atoms with Crippen LogP contribution < -0.4 is 4.90 Å². The first-order valence-corrected chi connectivity index (χ1v) is 13.8. The number of likely N-dealkylation sites (tertiary alicyclic amines) is 1. The van der Waals surface area contributed by atoms with Gasteiger partial charge in [-0.3, -0.25) is 9.59 Å². The molecule has 0 unspecified atom stereocenters. The van der Waals surface area contributed by atoms with Crippen molar-refractivity contribution in [1.82, 2.24) is 19.5 Å². The number of methoxy groups -OCH3 is 1. The lowest BCUT2D eigenvalue weighted by Crippen LogP contribution is -2.48. The molecular formula is C29H27Cl2F2N5O4. The average molecular weight is 618 g/mol. The number of carbonyl (C=O) groups is 2. The number of ether oxygens (including phenoxy) is 1. The lowest BCUT2D eigenvalue weighted by Gasteiger charge is -2.36. The van der Waals surface area contributed by atoms with Crippen molar-refractivity contribution in [2.75, 3.05) is 32.1 Å². The Morgan fingerprint density at radius 3 is 2.52 bits per heavy atom. The van der Waals surface area contributed by atoms with Crippen molar-refractivity contribution in [2.45, 2.75) is 25.9 Å². The van der Waals surface area contributed by atoms with E-state index in [2.05, 4.69) is 10.1 Å². The summed E-state index contributed by atoms with van der Waals surface area (Å²) in [6.45, 7) is 2.42. The van der Waals surface area contributed by atoms with Crippen LogP contribution in [0.1, 0.15) is 28.9 Å². The van der Waals surface area contributed by atoms with Crippen molar-refractivity contribution in [2.24, 2.45) is 5.92 Å². The van der Waals surface area contributed by atoms with Gasteiger partial charge in [-0.2, -0.15) is 9.61 Å². The highest BCUT2D eigenvalue weighted by Gasteiger charge is 2.34. The summed E-state index contributed by atoms with van der Waals surface area (Å²) < 4.78 is 35.8. The maximum Gasteiger partial charge on any atom is 0.303 e. The van der Waals surface area contributed by atoms with E-state index < -0.39 is 28.7 Å². The summed E-state index contributed by atoms with van der Waals surface area (Å²) in [7, 11) is 3.25. The van der Waals surface area contributed by atoms with E-state index in [1.165, 1.54) is 17.7 Å². The van der Waals surface area contributed by atoms with Gasteiger partial charge in [0.25, 0.3) is 5.91 Å². The van der Waals surface area contributed by atoms with Crippen LogP contribution in [-0.2, 0) is 9.53 Å². The van der Waals surface area contributed by atoms with Crippen LogP contribution in [-0.4, -0.2) is 69.8 Å². The number of aliphatic carboxylic acids is 1.